The molecule has 3 rings (SSSR count). The van der Waals surface area contributed by atoms with E-state index in [4.69, 9.17) is 5.73 Å². The number of carbonyl (C=O) groups excluding carboxylic acids is 1. The van der Waals surface area contributed by atoms with E-state index >= 15 is 0 Å². The van der Waals surface area contributed by atoms with Gasteiger partial charge in [-0.1, -0.05) is 18.6 Å². The fourth-order valence-electron chi connectivity index (χ4n) is 3.96. The lowest BCUT2D eigenvalue weighted by Gasteiger charge is -2.32. The van der Waals surface area contributed by atoms with Crippen molar-refractivity contribution in [3.05, 3.63) is 35.6 Å². The molecule has 120 valence electrons. The molecule has 0 radical (unpaired) electrons. The first kappa shape index (κ1) is 15.5. The van der Waals surface area contributed by atoms with Crippen molar-refractivity contribution in [1.82, 2.24) is 4.90 Å². The van der Waals surface area contributed by atoms with Gasteiger partial charge in [0, 0.05) is 24.5 Å². The minimum atomic E-state index is -0.202. The lowest BCUT2D eigenvalue weighted by molar-refractivity contribution is -0.137. The van der Waals surface area contributed by atoms with Gasteiger partial charge in [-0.2, -0.15) is 0 Å². The van der Waals surface area contributed by atoms with E-state index in [9.17, 15) is 9.18 Å². The molecular weight excluding hydrogens is 279 g/mol. The zero-order valence-electron chi connectivity index (χ0n) is 13.0. The van der Waals surface area contributed by atoms with E-state index in [0.717, 1.165) is 57.1 Å². The number of amides is 1. The Kier molecular flexibility index (Phi) is 4.77. The maximum Gasteiger partial charge on any atom is 0.225 e. The molecule has 3 unspecified atom stereocenters. The van der Waals surface area contributed by atoms with E-state index in [1.54, 1.807) is 12.1 Å². The summed E-state index contributed by atoms with van der Waals surface area (Å²) in [5, 5.41) is 0. The van der Waals surface area contributed by atoms with E-state index in [-0.39, 0.29) is 29.7 Å². The van der Waals surface area contributed by atoms with Crippen molar-refractivity contribution < 1.29 is 9.18 Å². The van der Waals surface area contributed by atoms with Crippen molar-refractivity contribution in [2.24, 2.45) is 11.7 Å². The van der Waals surface area contributed by atoms with E-state index < -0.39 is 0 Å². The predicted molar refractivity (Wildman–Crippen MR) is 84.8 cm³/mol. The van der Waals surface area contributed by atoms with Crippen molar-refractivity contribution in [2.45, 2.75) is 57.0 Å². The van der Waals surface area contributed by atoms with Crippen LogP contribution in [0.5, 0.6) is 0 Å². The van der Waals surface area contributed by atoms with Crippen LogP contribution < -0.4 is 5.73 Å². The summed E-state index contributed by atoms with van der Waals surface area (Å²) in [5.74, 6) is 0.164. The number of carbonyl (C=O) groups is 1. The van der Waals surface area contributed by atoms with Gasteiger partial charge in [0.1, 0.15) is 5.82 Å². The van der Waals surface area contributed by atoms with E-state index in [0.29, 0.717) is 0 Å². The Bertz CT molecular complexity index is 534. The number of hydrogen-bond acceptors (Lipinski definition) is 2. The highest BCUT2D eigenvalue weighted by molar-refractivity contribution is 5.79. The fraction of sp³-hybridized carbons (Fsp3) is 0.611. The van der Waals surface area contributed by atoms with Crippen LogP contribution in [0.4, 0.5) is 4.39 Å². The molecule has 1 amide bonds. The Morgan fingerprint density at radius 1 is 1.27 bits per heavy atom. The molecule has 1 saturated heterocycles. The molecule has 1 aromatic carbocycles. The number of nitrogens with zero attached hydrogens (tertiary/aromatic N) is 1. The molecular formula is C18H25FN2O. The first-order chi connectivity index (χ1) is 10.6. The van der Waals surface area contributed by atoms with Gasteiger partial charge in [-0.15, -0.1) is 0 Å². The molecule has 4 heteroatoms. The molecule has 0 aromatic heterocycles. The lowest BCUT2D eigenvalue weighted by Crippen LogP contribution is -2.43. The quantitative estimate of drug-likeness (QED) is 0.933. The first-order valence-electron chi connectivity index (χ1n) is 8.44. The maximum atomic E-state index is 13.3. The summed E-state index contributed by atoms with van der Waals surface area (Å²) >= 11 is 0. The topological polar surface area (TPSA) is 46.3 Å². The van der Waals surface area contributed by atoms with Crippen LogP contribution in [0, 0.1) is 11.7 Å². The average molecular weight is 304 g/mol. The zero-order valence-corrected chi connectivity index (χ0v) is 13.0. The highest BCUT2D eigenvalue weighted by atomic mass is 19.1. The number of likely N-dealkylation sites (tertiary alicyclic amines) is 1. The third kappa shape index (κ3) is 3.49. The van der Waals surface area contributed by atoms with Gasteiger partial charge in [0.2, 0.25) is 5.91 Å². The Morgan fingerprint density at radius 2 is 2.14 bits per heavy atom. The molecule has 2 aliphatic rings. The standard InChI is InChI=1S/C18H25FN2O/c19-15-6-1-4-13(10-15)11-17-8-3-9-21(17)18(22)14-5-2-7-16(20)12-14/h1,4,6,10,14,16-17H,2-3,5,7-9,11-12,20H2. The number of nitrogens with two attached hydrogens (primary N) is 1. The smallest absolute Gasteiger partial charge is 0.225 e. The minimum absolute atomic E-state index is 0.0943. The average Bonchev–Trinajstić information content (AvgIpc) is 2.94. The SMILES string of the molecule is NC1CCCC(C(=O)N2CCCC2Cc2cccc(F)c2)C1. The summed E-state index contributed by atoms with van der Waals surface area (Å²) in [5.41, 5.74) is 7.00. The van der Waals surface area contributed by atoms with Crippen molar-refractivity contribution >= 4 is 5.91 Å². The van der Waals surface area contributed by atoms with Gasteiger partial charge in [0.05, 0.1) is 0 Å². The van der Waals surface area contributed by atoms with Crippen LogP contribution in [0.3, 0.4) is 0 Å². The monoisotopic (exact) mass is 304 g/mol. The van der Waals surface area contributed by atoms with Gasteiger partial charge < -0.3 is 10.6 Å². The first-order valence-corrected chi connectivity index (χ1v) is 8.44. The molecule has 22 heavy (non-hydrogen) atoms. The van der Waals surface area contributed by atoms with Crippen molar-refractivity contribution in [1.29, 1.82) is 0 Å². The van der Waals surface area contributed by atoms with Gasteiger partial charge >= 0.3 is 0 Å². The van der Waals surface area contributed by atoms with Crippen LogP contribution in [0.15, 0.2) is 24.3 Å². The second kappa shape index (κ2) is 6.78. The van der Waals surface area contributed by atoms with Gasteiger partial charge in [-0.05, 0) is 56.2 Å². The van der Waals surface area contributed by atoms with Crippen molar-refractivity contribution in [2.75, 3.05) is 6.54 Å². The Morgan fingerprint density at radius 3 is 2.91 bits per heavy atom. The highest BCUT2D eigenvalue weighted by Gasteiger charge is 2.34. The summed E-state index contributed by atoms with van der Waals surface area (Å²) in [6.45, 7) is 0.838. The van der Waals surface area contributed by atoms with Gasteiger partial charge in [0.25, 0.3) is 0 Å². The normalized spacial score (nSPS) is 28.8. The molecule has 1 aliphatic heterocycles. The van der Waals surface area contributed by atoms with Crippen LogP contribution in [0.1, 0.15) is 44.1 Å². The zero-order chi connectivity index (χ0) is 15.5. The van der Waals surface area contributed by atoms with E-state index in [2.05, 4.69) is 0 Å². The van der Waals surface area contributed by atoms with Crippen LogP contribution in [-0.2, 0) is 11.2 Å². The molecule has 3 atom stereocenters. The Hall–Kier alpha value is -1.42. The fourth-order valence-corrected chi connectivity index (χ4v) is 3.96. The summed E-state index contributed by atoms with van der Waals surface area (Å²) in [4.78, 5) is 14.8. The summed E-state index contributed by atoms with van der Waals surface area (Å²) in [7, 11) is 0. The highest BCUT2D eigenvalue weighted by Crippen LogP contribution is 2.29. The second-order valence-corrected chi connectivity index (χ2v) is 6.79. The van der Waals surface area contributed by atoms with Gasteiger partial charge in [0.15, 0.2) is 0 Å². The number of halogens is 1. The third-order valence-corrected chi connectivity index (χ3v) is 5.08. The van der Waals surface area contributed by atoms with E-state index in [1.807, 2.05) is 11.0 Å². The van der Waals surface area contributed by atoms with E-state index in [1.165, 1.54) is 6.07 Å². The molecule has 1 aliphatic carbocycles. The maximum absolute atomic E-state index is 13.3. The molecule has 1 heterocycles. The Labute approximate surface area is 131 Å². The molecule has 0 bridgehead atoms. The molecule has 3 nitrogen and oxygen atoms in total. The summed E-state index contributed by atoms with van der Waals surface area (Å²) in [6, 6.07) is 7.12. The summed E-state index contributed by atoms with van der Waals surface area (Å²) in [6.07, 6.45) is 6.70. The second-order valence-electron chi connectivity index (χ2n) is 6.79. The molecule has 2 fully saturated rings. The third-order valence-electron chi connectivity index (χ3n) is 5.08. The predicted octanol–water partition coefficient (Wildman–Crippen LogP) is 2.88. The molecule has 1 saturated carbocycles. The van der Waals surface area contributed by atoms with Crippen molar-refractivity contribution in [3.8, 4) is 0 Å². The van der Waals surface area contributed by atoms with Crippen LogP contribution >= 0.6 is 0 Å². The lowest BCUT2D eigenvalue weighted by atomic mass is 9.85. The number of hydrogen-bond donors (Lipinski definition) is 1. The minimum Gasteiger partial charge on any atom is -0.339 e. The Balaban J connectivity index is 1.66. The largest absolute Gasteiger partial charge is 0.339 e. The van der Waals surface area contributed by atoms with Gasteiger partial charge in [-0.25, -0.2) is 4.39 Å². The molecule has 1 aromatic rings. The van der Waals surface area contributed by atoms with Gasteiger partial charge in [-0.3, -0.25) is 4.79 Å². The molecule has 0 spiro atoms. The number of benzene rings is 1. The van der Waals surface area contributed by atoms with Crippen LogP contribution in [0.2, 0.25) is 0 Å². The van der Waals surface area contributed by atoms with Crippen molar-refractivity contribution in [3.63, 3.8) is 0 Å². The summed E-state index contributed by atoms with van der Waals surface area (Å²) < 4.78 is 13.3. The van der Waals surface area contributed by atoms with Crippen LogP contribution in [-0.4, -0.2) is 29.4 Å². The molecule has 2 N–H and O–H groups in total. The van der Waals surface area contributed by atoms with Crippen LogP contribution in [0.25, 0.3) is 0 Å². The number of rotatable bonds is 3.